The molecular weight excluding hydrogens is 323 g/mol. The van der Waals surface area contributed by atoms with E-state index in [2.05, 4.69) is 15.9 Å². The summed E-state index contributed by atoms with van der Waals surface area (Å²) in [6.07, 6.45) is 5.73. The van der Waals surface area contributed by atoms with E-state index >= 15 is 0 Å². The predicted molar refractivity (Wildman–Crippen MR) is 78.9 cm³/mol. The maximum Gasteiger partial charge on any atom is 0.123 e. The van der Waals surface area contributed by atoms with Crippen molar-refractivity contribution in [1.82, 2.24) is 0 Å². The first-order valence-corrected chi connectivity index (χ1v) is 8.16. The second kappa shape index (κ2) is 5.74. The molecule has 1 aliphatic heterocycles. The zero-order valence-electron chi connectivity index (χ0n) is 11.4. The van der Waals surface area contributed by atoms with Gasteiger partial charge in [0.15, 0.2) is 0 Å². The molecule has 3 rings (SSSR count). The molecule has 2 nitrogen and oxygen atoms in total. The van der Waals surface area contributed by atoms with Crippen molar-refractivity contribution in [2.45, 2.75) is 50.2 Å². The molecule has 2 unspecified atom stereocenters. The van der Waals surface area contributed by atoms with Crippen LogP contribution in [0.4, 0.5) is 4.39 Å². The van der Waals surface area contributed by atoms with Crippen LogP contribution in [0.5, 0.6) is 0 Å². The number of rotatable bonds is 2. The second-order valence-corrected chi connectivity index (χ2v) is 6.96. The molecule has 1 aliphatic carbocycles. The van der Waals surface area contributed by atoms with Gasteiger partial charge in [-0.25, -0.2) is 4.39 Å². The van der Waals surface area contributed by atoms with Crippen molar-refractivity contribution >= 4 is 15.9 Å². The van der Waals surface area contributed by atoms with E-state index in [1.54, 1.807) is 6.07 Å². The fourth-order valence-electron chi connectivity index (χ4n) is 3.70. The normalized spacial score (nSPS) is 26.9. The Balaban J connectivity index is 1.79. The van der Waals surface area contributed by atoms with Crippen molar-refractivity contribution in [3.05, 3.63) is 34.1 Å². The van der Waals surface area contributed by atoms with Gasteiger partial charge >= 0.3 is 0 Å². The Morgan fingerprint density at radius 2 is 2.10 bits per heavy atom. The van der Waals surface area contributed by atoms with Crippen molar-refractivity contribution in [2.24, 2.45) is 5.92 Å². The summed E-state index contributed by atoms with van der Waals surface area (Å²) in [7, 11) is 0. The molecule has 20 heavy (non-hydrogen) atoms. The van der Waals surface area contributed by atoms with E-state index < -0.39 is 6.10 Å². The van der Waals surface area contributed by atoms with Crippen LogP contribution in [0.3, 0.4) is 0 Å². The van der Waals surface area contributed by atoms with E-state index in [9.17, 15) is 9.50 Å². The Hall–Kier alpha value is -0.450. The summed E-state index contributed by atoms with van der Waals surface area (Å²) in [5.41, 5.74) is 0.633. The first-order chi connectivity index (χ1) is 9.60. The molecule has 0 amide bonds. The van der Waals surface area contributed by atoms with E-state index in [0.717, 1.165) is 30.2 Å². The van der Waals surface area contributed by atoms with Crippen LogP contribution in [-0.2, 0) is 4.74 Å². The van der Waals surface area contributed by atoms with E-state index in [4.69, 9.17) is 4.74 Å². The lowest BCUT2D eigenvalue weighted by Crippen LogP contribution is -2.39. The van der Waals surface area contributed by atoms with Crippen molar-refractivity contribution in [3.63, 3.8) is 0 Å². The number of benzene rings is 1. The zero-order chi connectivity index (χ0) is 14.2. The largest absolute Gasteiger partial charge is 0.388 e. The minimum atomic E-state index is -0.624. The van der Waals surface area contributed by atoms with Gasteiger partial charge in [0, 0.05) is 11.1 Å². The predicted octanol–water partition coefficient (Wildman–Crippen LogP) is 4.36. The molecule has 110 valence electrons. The highest BCUT2D eigenvalue weighted by atomic mass is 79.9. The lowest BCUT2D eigenvalue weighted by Gasteiger charge is -2.40. The van der Waals surface area contributed by atoms with Gasteiger partial charge in [-0.2, -0.15) is 0 Å². The third-order valence-corrected chi connectivity index (χ3v) is 5.49. The minimum absolute atomic E-state index is 0.0241. The van der Waals surface area contributed by atoms with Crippen LogP contribution < -0.4 is 0 Å². The number of aliphatic hydroxyl groups is 1. The molecule has 2 fully saturated rings. The summed E-state index contributed by atoms with van der Waals surface area (Å²) in [4.78, 5) is 0. The van der Waals surface area contributed by atoms with Gasteiger partial charge in [0.2, 0.25) is 0 Å². The van der Waals surface area contributed by atoms with E-state index in [1.165, 1.54) is 25.0 Å². The third kappa shape index (κ3) is 2.78. The summed E-state index contributed by atoms with van der Waals surface area (Å²) in [6.45, 7) is 0.703. The molecular formula is C16H20BrFO2. The SMILES string of the molecule is OC(c1cc(F)ccc1Br)C1CCOC2(CCCC2)C1. The smallest absolute Gasteiger partial charge is 0.123 e. The van der Waals surface area contributed by atoms with Crippen LogP contribution in [0, 0.1) is 11.7 Å². The molecule has 1 saturated carbocycles. The second-order valence-electron chi connectivity index (χ2n) is 6.10. The molecule has 2 atom stereocenters. The van der Waals surface area contributed by atoms with Gasteiger partial charge in [0.05, 0.1) is 11.7 Å². The van der Waals surface area contributed by atoms with E-state index in [-0.39, 0.29) is 17.3 Å². The lowest BCUT2D eigenvalue weighted by molar-refractivity contribution is -0.113. The Morgan fingerprint density at radius 3 is 2.85 bits per heavy atom. The first kappa shape index (κ1) is 14.5. The highest BCUT2D eigenvalue weighted by Crippen LogP contribution is 2.46. The fraction of sp³-hybridized carbons (Fsp3) is 0.625. The Bertz CT molecular complexity index is 485. The van der Waals surface area contributed by atoms with Crippen LogP contribution in [-0.4, -0.2) is 17.3 Å². The molecule has 0 radical (unpaired) electrons. The standard InChI is InChI=1S/C16H20BrFO2/c17-14-4-3-12(18)9-13(14)15(19)11-5-8-20-16(10-11)6-1-2-7-16/h3-4,9,11,15,19H,1-2,5-8,10H2. The van der Waals surface area contributed by atoms with Crippen molar-refractivity contribution in [2.75, 3.05) is 6.61 Å². The van der Waals surface area contributed by atoms with Gasteiger partial charge in [0.1, 0.15) is 5.82 Å². The van der Waals surface area contributed by atoms with Crippen LogP contribution in [0.15, 0.2) is 22.7 Å². The van der Waals surface area contributed by atoms with Gasteiger partial charge in [0.25, 0.3) is 0 Å². The topological polar surface area (TPSA) is 29.5 Å². The average Bonchev–Trinajstić information content (AvgIpc) is 2.88. The van der Waals surface area contributed by atoms with E-state index in [1.807, 2.05) is 0 Å². The molecule has 0 bridgehead atoms. The van der Waals surface area contributed by atoms with E-state index in [0.29, 0.717) is 12.2 Å². The number of halogens is 2. The lowest BCUT2D eigenvalue weighted by atomic mass is 9.80. The van der Waals surface area contributed by atoms with Gasteiger partial charge < -0.3 is 9.84 Å². The number of hydrogen-bond acceptors (Lipinski definition) is 2. The minimum Gasteiger partial charge on any atom is -0.388 e. The monoisotopic (exact) mass is 342 g/mol. The summed E-state index contributed by atoms with van der Waals surface area (Å²) in [6, 6.07) is 4.51. The highest BCUT2D eigenvalue weighted by Gasteiger charge is 2.42. The fourth-order valence-corrected chi connectivity index (χ4v) is 4.18. The Morgan fingerprint density at radius 1 is 1.35 bits per heavy atom. The maximum atomic E-state index is 13.4. The quantitative estimate of drug-likeness (QED) is 0.865. The highest BCUT2D eigenvalue weighted by molar-refractivity contribution is 9.10. The summed E-state index contributed by atoms with van der Waals surface area (Å²) < 4.78 is 20.2. The molecule has 4 heteroatoms. The number of hydrogen-bond donors (Lipinski definition) is 1. The average molecular weight is 343 g/mol. The Kier molecular flexibility index (Phi) is 4.16. The zero-order valence-corrected chi connectivity index (χ0v) is 13.0. The number of ether oxygens (including phenoxy) is 1. The summed E-state index contributed by atoms with van der Waals surface area (Å²) in [5.74, 6) is -0.148. The molecule has 1 spiro atoms. The third-order valence-electron chi connectivity index (χ3n) is 4.77. The maximum absolute atomic E-state index is 13.4. The van der Waals surface area contributed by atoms with Crippen LogP contribution in [0.2, 0.25) is 0 Å². The summed E-state index contributed by atoms with van der Waals surface area (Å²) >= 11 is 3.41. The Labute approximate surface area is 127 Å². The van der Waals surface area contributed by atoms with Gasteiger partial charge in [-0.05, 0) is 55.4 Å². The van der Waals surface area contributed by atoms with Gasteiger partial charge in [-0.3, -0.25) is 0 Å². The summed E-state index contributed by atoms with van der Waals surface area (Å²) in [5, 5.41) is 10.6. The van der Waals surface area contributed by atoms with Crippen LogP contribution in [0.1, 0.15) is 50.2 Å². The molecule has 1 heterocycles. The van der Waals surface area contributed by atoms with Crippen molar-refractivity contribution < 1.29 is 14.2 Å². The number of aliphatic hydroxyl groups excluding tert-OH is 1. The molecule has 1 N–H and O–H groups in total. The van der Waals surface area contributed by atoms with Gasteiger partial charge in [-0.1, -0.05) is 28.8 Å². The molecule has 1 aromatic carbocycles. The molecule has 1 aromatic rings. The van der Waals surface area contributed by atoms with Crippen molar-refractivity contribution in [3.8, 4) is 0 Å². The van der Waals surface area contributed by atoms with Crippen molar-refractivity contribution in [1.29, 1.82) is 0 Å². The van der Waals surface area contributed by atoms with Gasteiger partial charge in [-0.15, -0.1) is 0 Å². The molecule has 1 saturated heterocycles. The van der Waals surface area contributed by atoms with Crippen LogP contribution >= 0.6 is 15.9 Å². The molecule has 0 aromatic heterocycles. The van der Waals surface area contributed by atoms with Crippen LogP contribution in [0.25, 0.3) is 0 Å². The first-order valence-electron chi connectivity index (χ1n) is 7.37. The molecule has 2 aliphatic rings.